The van der Waals surface area contributed by atoms with Gasteiger partial charge in [0.25, 0.3) is 0 Å². The van der Waals surface area contributed by atoms with Crippen molar-refractivity contribution in [3.05, 3.63) is 0 Å². The zero-order chi connectivity index (χ0) is 15.5. The first-order chi connectivity index (χ1) is 9.42. The maximum absolute atomic E-state index is 11.8. The third-order valence-electron chi connectivity index (χ3n) is 2.97. The van der Waals surface area contributed by atoms with Gasteiger partial charge in [0.1, 0.15) is 12.3 Å². The van der Waals surface area contributed by atoms with Crippen LogP contribution in [0.3, 0.4) is 0 Å². The minimum absolute atomic E-state index is 0.0557. The lowest BCUT2D eigenvalue weighted by molar-refractivity contribution is -0.137. The van der Waals surface area contributed by atoms with E-state index in [9.17, 15) is 19.2 Å². The Morgan fingerprint density at radius 1 is 1.25 bits per heavy atom. The van der Waals surface area contributed by atoms with Gasteiger partial charge in [0.05, 0.1) is 6.54 Å². The molecule has 2 unspecified atom stereocenters. The van der Waals surface area contributed by atoms with Crippen molar-refractivity contribution < 1.29 is 24.3 Å². The molecule has 2 atom stereocenters. The summed E-state index contributed by atoms with van der Waals surface area (Å²) in [4.78, 5) is 44.1. The van der Waals surface area contributed by atoms with Crippen molar-refractivity contribution in [2.75, 3.05) is 6.54 Å². The van der Waals surface area contributed by atoms with E-state index >= 15 is 0 Å². The average molecular weight is 286 g/mol. The normalized spacial score (nSPS) is 13.1. The van der Waals surface area contributed by atoms with Gasteiger partial charge in [-0.2, -0.15) is 0 Å². The molecule has 0 heterocycles. The van der Waals surface area contributed by atoms with E-state index < -0.39 is 17.9 Å². The largest absolute Gasteiger partial charge is 0.481 e. The molecule has 0 aromatic rings. The number of carboxylic acid groups (broad SMARTS) is 1. The Morgan fingerprint density at radius 2 is 1.90 bits per heavy atom. The number of rotatable bonds is 10. The van der Waals surface area contributed by atoms with Crippen LogP contribution in [0.5, 0.6) is 0 Å². The molecular weight excluding hydrogens is 264 g/mol. The van der Waals surface area contributed by atoms with Crippen LogP contribution in [-0.4, -0.2) is 41.8 Å². The average Bonchev–Trinajstić information content (AvgIpc) is 2.40. The van der Waals surface area contributed by atoms with Gasteiger partial charge in [-0.05, 0) is 12.3 Å². The van der Waals surface area contributed by atoms with Crippen molar-refractivity contribution >= 4 is 24.1 Å². The summed E-state index contributed by atoms with van der Waals surface area (Å²) in [7, 11) is 0. The van der Waals surface area contributed by atoms with Gasteiger partial charge in [0.2, 0.25) is 11.8 Å². The molecule has 0 aromatic carbocycles. The molecule has 0 radical (unpaired) electrons. The van der Waals surface area contributed by atoms with E-state index in [4.69, 9.17) is 5.11 Å². The lowest BCUT2D eigenvalue weighted by Gasteiger charge is -2.23. The molecule has 2 amide bonds. The van der Waals surface area contributed by atoms with Gasteiger partial charge < -0.3 is 20.5 Å². The molecule has 0 saturated carbocycles. The van der Waals surface area contributed by atoms with Crippen LogP contribution in [0.2, 0.25) is 0 Å². The van der Waals surface area contributed by atoms with Gasteiger partial charge in [-0.25, -0.2) is 0 Å². The van der Waals surface area contributed by atoms with Crippen LogP contribution in [0.25, 0.3) is 0 Å². The van der Waals surface area contributed by atoms with E-state index in [-0.39, 0.29) is 37.6 Å². The Bertz CT molecular complexity index is 357. The molecule has 0 aliphatic rings. The second-order valence-electron chi connectivity index (χ2n) is 4.59. The standard InChI is InChI=1S/C13H22N2O5/c1-3-9(2)12(13(20)14-7-8-16)15-10(17)5-4-6-11(18)19/h8-9,12H,3-7H2,1-2H3,(H,14,20)(H,15,17)(H,18,19). The molecule has 0 aliphatic carbocycles. The smallest absolute Gasteiger partial charge is 0.303 e. The van der Waals surface area contributed by atoms with Gasteiger partial charge in [-0.15, -0.1) is 0 Å². The lowest BCUT2D eigenvalue weighted by Crippen LogP contribution is -2.50. The van der Waals surface area contributed by atoms with Gasteiger partial charge in [-0.3, -0.25) is 14.4 Å². The van der Waals surface area contributed by atoms with E-state index in [1.54, 1.807) is 0 Å². The Labute approximate surface area is 118 Å². The van der Waals surface area contributed by atoms with Crippen LogP contribution >= 0.6 is 0 Å². The number of hydrogen-bond donors (Lipinski definition) is 3. The van der Waals surface area contributed by atoms with Crippen LogP contribution in [0, 0.1) is 5.92 Å². The molecule has 20 heavy (non-hydrogen) atoms. The number of hydrogen-bond acceptors (Lipinski definition) is 4. The zero-order valence-electron chi connectivity index (χ0n) is 11.8. The fourth-order valence-electron chi connectivity index (χ4n) is 1.60. The lowest BCUT2D eigenvalue weighted by atomic mass is 9.98. The first-order valence-electron chi connectivity index (χ1n) is 6.64. The molecule has 0 bridgehead atoms. The van der Waals surface area contributed by atoms with Gasteiger partial charge in [0, 0.05) is 12.8 Å². The Morgan fingerprint density at radius 3 is 2.40 bits per heavy atom. The fourth-order valence-corrected chi connectivity index (χ4v) is 1.60. The second-order valence-corrected chi connectivity index (χ2v) is 4.59. The third-order valence-corrected chi connectivity index (χ3v) is 2.97. The number of carbonyl (C=O) groups excluding carboxylic acids is 3. The summed E-state index contributed by atoms with van der Waals surface area (Å²) in [6.07, 6.45) is 1.46. The molecule has 7 heteroatoms. The molecule has 0 spiro atoms. The minimum Gasteiger partial charge on any atom is -0.481 e. The highest BCUT2D eigenvalue weighted by molar-refractivity contribution is 5.88. The summed E-state index contributed by atoms with van der Waals surface area (Å²) in [5, 5.41) is 13.5. The van der Waals surface area contributed by atoms with Gasteiger partial charge >= 0.3 is 5.97 Å². The van der Waals surface area contributed by atoms with Crippen molar-refractivity contribution in [1.82, 2.24) is 10.6 Å². The van der Waals surface area contributed by atoms with Crippen LogP contribution in [-0.2, 0) is 19.2 Å². The topological polar surface area (TPSA) is 113 Å². The SMILES string of the molecule is CCC(C)C(NC(=O)CCCC(=O)O)C(=O)NCC=O. The maximum atomic E-state index is 11.8. The summed E-state index contributed by atoms with van der Waals surface area (Å²) in [6.45, 7) is 3.62. The van der Waals surface area contributed by atoms with E-state index in [0.29, 0.717) is 12.7 Å². The highest BCUT2D eigenvalue weighted by Gasteiger charge is 2.25. The fraction of sp³-hybridized carbons (Fsp3) is 0.692. The van der Waals surface area contributed by atoms with E-state index in [2.05, 4.69) is 10.6 Å². The third kappa shape index (κ3) is 7.50. The molecule has 0 aromatic heterocycles. The monoisotopic (exact) mass is 286 g/mol. The van der Waals surface area contributed by atoms with Crippen molar-refractivity contribution in [2.45, 2.75) is 45.6 Å². The minimum atomic E-state index is -0.958. The summed E-state index contributed by atoms with van der Waals surface area (Å²) in [6, 6.07) is -0.711. The number of carbonyl (C=O) groups is 4. The van der Waals surface area contributed by atoms with Crippen molar-refractivity contribution in [2.24, 2.45) is 5.92 Å². The van der Waals surface area contributed by atoms with E-state index in [1.807, 2.05) is 13.8 Å². The molecule has 7 nitrogen and oxygen atoms in total. The zero-order valence-corrected chi connectivity index (χ0v) is 11.8. The molecule has 0 rings (SSSR count). The quantitative estimate of drug-likeness (QED) is 0.493. The van der Waals surface area contributed by atoms with Crippen molar-refractivity contribution in [3.8, 4) is 0 Å². The molecule has 0 saturated heterocycles. The molecular formula is C13H22N2O5. The first-order valence-corrected chi connectivity index (χ1v) is 6.64. The van der Waals surface area contributed by atoms with Crippen LogP contribution < -0.4 is 10.6 Å². The predicted octanol–water partition coefficient (Wildman–Crippen LogP) is 0.0873. The van der Waals surface area contributed by atoms with E-state index in [1.165, 1.54) is 0 Å². The summed E-state index contributed by atoms with van der Waals surface area (Å²) in [5.74, 6) is -1.80. The predicted molar refractivity (Wildman–Crippen MR) is 71.9 cm³/mol. The Balaban J connectivity index is 4.41. The molecule has 0 fully saturated rings. The van der Waals surface area contributed by atoms with Gasteiger partial charge in [-0.1, -0.05) is 20.3 Å². The number of carboxylic acids is 1. The van der Waals surface area contributed by atoms with Gasteiger partial charge in [0.15, 0.2) is 0 Å². The second kappa shape index (κ2) is 9.94. The number of aliphatic carboxylic acids is 1. The van der Waals surface area contributed by atoms with Crippen LogP contribution in [0.15, 0.2) is 0 Å². The molecule has 114 valence electrons. The van der Waals surface area contributed by atoms with Crippen LogP contribution in [0.4, 0.5) is 0 Å². The molecule has 0 aliphatic heterocycles. The summed E-state index contributed by atoms with van der Waals surface area (Å²) >= 11 is 0. The number of aldehydes is 1. The van der Waals surface area contributed by atoms with Crippen LogP contribution in [0.1, 0.15) is 39.5 Å². The van der Waals surface area contributed by atoms with E-state index in [0.717, 1.165) is 0 Å². The number of amides is 2. The maximum Gasteiger partial charge on any atom is 0.303 e. The molecule has 3 N–H and O–H groups in total. The highest BCUT2D eigenvalue weighted by atomic mass is 16.4. The summed E-state index contributed by atoms with van der Waals surface area (Å²) in [5.41, 5.74) is 0. The highest BCUT2D eigenvalue weighted by Crippen LogP contribution is 2.08. The van der Waals surface area contributed by atoms with Crippen molar-refractivity contribution in [3.63, 3.8) is 0 Å². The summed E-state index contributed by atoms with van der Waals surface area (Å²) < 4.78 is 0. The van der Waals surface area contributed by atoms with Crippen molar-refractivity contribution in [1.29, 1.82) is 0 Å². The Kier molecular flexibility index (Phi) is 8.98. The first kappa shape index (κ1) is 18.1. The Hall–Kier alpha value is -1.92. The number of nitrogens with one attached hydrogen (secondary N) is 2.